The third-order valence-electron chi connectivity index (χ3n) is 3.43. The van der Waals surface area contributed by atoms with Crippen LogP contribution in [0, 0.1) is 0 Å². The van der Waals surface area contributed by atoms with Gasteiger partial charge < -0.3 is 17.7 Å². The molecular formula is C15H17BF3KO. The van der Waals surface area contributed by atoms with Crippen LogP contribution in [0.5, 0.6) is 5.75 Å². The fourth-order valence-corrected chi connectivity index (χ4v) is 2.17. The Balaban J connectivity index is 0.00000220. The molecule has 0 saturated heterocycles. The molecule has 2 aromatic rings. The van der Waals surface area contributed by atoms with Crippen molar-refractivity contribution >= 4 is 23.2 Å². The molecule has 0 aliphatic rings. The van der Waals surface area contributed by atoms with Gasteiger partial charge in [-0.05, 0) is 35.7 Å². The first-order chi connectivity index (χ1) is 9.44. The van der Waals surface area contributed by atoms with Crippen molar-refractivity contribution in [2.45, 2.75) is 32.8 Å². The Morgan fingerprint density at radius 1 is 0.952 bits per heavy atom. The van der Waals surface area contributed by atoms with Crippen LogP contribution in [0.4, 0.5) is 12.9 Å². The van der Waals surface area contributed by atoms with Crippen LogP contribution in [0.2, 0.25) is 0 Å². The summed E-state index contributed by atoms with van der Waals surface area (Å²) in [5.74, 6) is 0.705. The second-order valence-corrected chi connectivity index (χ2v) is 4.90. The summed E-state index contributed by atoms with van der Waals surface area (Å²) >= 11 is 0. The molecule has 0 aliphatic heterocycles. The van der Waals surface area contributed by atoms with Crippen LogP contribution >= 0.6 is 0 Å². The van der Waals surface area contributed by atoms with Crippen molar-refractivity contribution in [3.05, 3.63) is 36.4 Å². The van der Waals surface area contributed by atoms with Gasteiger partial charge in [-0.2, -0.15) is 0 Å². The van der Waals surface area contributed by atoms with E-state index < -0.39 is 12.4 Å². The normalized spacial score (nSPS) is 11.5. The third-order valence-corrected chi connectivity index (χ3v) is 3.43. The van der Waals surface area contributed by atoms with E-state index in [1.165, 1.54) is 12.1 Å². The number of halogens is 3. The van der Waals surface area contributed by atoms with Crippen molar-refractivity contribution in [1.29, 1.82) is 0 Å². The van der Waals surface area contributed by atoms with Crippen molar-refractivity contribution in [2.24, 2.45) is 0 Å². The number of fused-ring (bicyclic) bond motifs is 1. The van der Waals surface area contributed by atoms with Crippen LogP contribution in [-0.2, 0) is 0 Å². The smallest absolute Gasteiger partial charge is 0.490 e. The number of rotatable bonds is 5. The van der Waals surface area contributed by atoms with E-state index in [0.29, 0.717) is 11.1 Å². The average molecular weight is 320 g/mol. The Morgan fingerprint density at radius 3 is 2.10 bits per heavy atom. The topological polar surface area (TPSA) is 9.23 Å². The van der Waals surface area contributed by atoms with E-state index in [1.807, 2.05) is 13.8 Å². The summed E-state index contributed by atoms with van der Waals surface area (Å²) in [5, 5.41) is 1.34. The monoisotopic (exact) mass is 320 g/mol. The summed E-state index contributed by atoms with van der Waals surface area (Å²) in [6.45, 7) is -0.852. The molecule has 21 heavy (non-hydrogen) atoms. The maximum atomic E-state index is 12.7. The summed E-state index contributed by atoms with van der Waals surface area (Å²) < 4.78 is 43.9. The molecule has 0 bridgehead atoms. The number of hydrogen-bond donors (Lipinski definition) is 0. The Bertz CT molecular complexity index is 597. The molecule has 0 saturated carbocycles. The Morgan fingerprint density at radius 2 is 1.52 bits per heavy atom. The third kappa shape index (κ3) is 5.00. The van der Waals surface area contributed by atoms with Gasteiger partial charge in [-0.15, -0.1) is 5.46 Å². The first-order valence-corrected chi connectivity index (χ1v) is 6.84. The van der Waals surface area contributed by atoms with Crippen molar-refractivity contribution in [1.82, 2.24) is 0 Å². The SMILES string of the molecule is CCC(CC)Oc1ccc2cc([B-](F)(F)F)ccc2c1.[K+]. The van der Waals surface area contributed by atoms with Crippen molar-refractivity contribution < 1.29 is 69.1 Å². The molecule has 0 heterocycles. The van der Waals surface area contributed by atoms with Gasteiger partial charge >= 0.3 is 58.4 Å². The first kappa shape index (κ1) is 19.0. The van der Waals surface area contributed by atoms with E-state index in [0.717, 1.165) is 24.3 Å². The van der Waals surface area contributed by atoms with Gasteiger partial charge in [0, 0.05) is 0 Å². The Labute approximate surface area is 165 Å². The summed E-state index contributed by atoms with van der Waals surface area (Å²) in [5.41, 5.74) is -0.564. The van der Waals surface area contributed by atoms with Crippen LogP contribution in [0.15, 0.2) is 36.4 Å². The molecule has 6 heteroatoms. The van der Waals surface area contributed by atoms with Gasteiger partial charge in [-0.3, -0.25) is 0 Å². The van der Waals surface area contributed by atoms with E-state index >= 15 is 0 Å². The van der Waals surface area contributed by atoms with Gasteiger partial charge in [-0.1, -0.05) is 38.1 Å². The molecule has 0 aliphatic carbocycles. The minimum atomic E-state index is -4.95. The molecule has 2 rings (SSSR count). The molecule has 0 unspecified atom stereocenters. The second kappa shape index (κ2) is 8.02. The molecule has 0 atom stereocenters. The number of hydrogen-bond acceptors (Lipinski definition) is 1. The Hall–Kier alpha value is -0.00870. The summed E-state index contributed by atoms with van der Waals surface area (Å²) in [4.78, 5) is 0. The minimum absolute atomic E-state index is 0. The van der Waals surface area contributed by atoms with Crippen molar-refractivity contribution in [3.63, 3.8) is 0 Å². The fourth-order valence-electron chi connectivity index (χ4n) is 2.17. The van der Waals surface area contributed by atoms with Gasteiger partial charge in [0.15, 0.2) is 0 Å². The molecule has 0 spiro atoms. The minimum Gasteiger partial charge on any atom is -0.490 e. The Kier molecular flexibility index (Phi) is 7.27. The predicted molar refractivity (Wildman–Crippen MR) is 77.7 cm³/mol. The molecule has 2 aromatic carbocycles. The quantitative estimate of drug-likeness (QED) is 0.758. The summed E-state index contributed by atoms with van der Waals surface area (Å²) in [6.07, 6.45) is 1.96. The zero-order valence-corrected chi connectivity index (χ0v) is 15.7. The van der Waals surface area contributed by atoms with Gasteiger partial charge in [-0.25, -0.2) is 0 Å². The number of ether oxygens (including phenoxy) is 1. The molecular weight excluding hydrogens is 303 g/mol. The van der Waals surface area contributed by atoms with Gasteiger partial charge in [0.1, 0.15) is 5.75 Å². The van der Waals surface area contributed by atoms with Crippen LogP contribution in [0.25, 0.3) is 10.8 Å². The van der Waals surface area contributed by atoms with E-state index in [1.54, 1.807) is 18.2 Å². The molecule has 0 N–H and O–H groups in total. The molecule has 0 amide bonds. The fraction of sp³-hybridized carbons (Fsp3) is 0.333. The first-order valence-electron chi connectivity index (χ1n) is 6.84. The van der Waals surface area contributed by atoms with Crippen LogP contribution in [0.3, 0.4) is 0 Å². The average Bonchev–Trinajstić information content (AvgIpc) is 2.43. The van der Waals surface area contributed by atoms with E-state index in [2.05, 4.69) is 0 Å². The van der Waals surface area contributed by atoms with Gasteiger partial charge in [0.05, 0.1) is 6.10 Å². The molecule has 0 radical (unpaired) electrons. The summed E-state index contributed by atoms with van der Waals surface area (Å²) in [7, 11) is 0. The van der Waals surface area contributed by atoms with Crippen molar-refractivity contribution in [2.75, 3.05) is 0 Å². The van der Waals surface area contributed by atoms with E-state index in [-0.39, 0.29) is 57.5 Å². The zero-order chi connectivity index (χ0) is 14.8. The maximum Gasteiger partial charge on any atom is 1.00 e. The zero-order valence-electron chi connectivity index (χ0n) is 12.6. The van der Waals surface area contributed by atoms with Gasteiger partial charge in [0.2, 0.25) is 0 Å². The van der Waals surface area contributed by atoms with Crippen molar-refractivity contribution in [3.8, 4) is 5.75 Å². The second-order valence-electron chi connectivity index (χ2n) is 4.90. The standard InChI is InChI=1S/C15H17BF3O.K/c1-3-14(4-2)20-15-8-6-11-9-13(16(17,18)19)7-5-12(11)10-15;/h5-10,14H,3-4H2,1-2H3;/q-1;+1. The molecule has 0 aromatic heterocycles. The predicted octanol–water partition coefficient (Wildman–Crippen LogP) is 1.47. The number of benzene rings is 2. The van der Waals surface area contributed by atoms with E-state index in [9.17, 15) is 12.9 Å². The van der Waals surface area contributed by atoms with Crippen LogP contribution < -0.4 is 61.6 Å². The van der Waals surface area contributed by atoms with Crippen LogP contribution in [0.1, 0.15) is 26.7 Å². The molecule has 0 fully saturated rings. The summed E-state index contributed by atoms with van der Waals surface area (Å²) in [6, 6.07) is 9.02. The molecule has 1 nitrogen and oxygen atoms in total. The largest absolute Gasteiger partial charge is 1.00 e. The maximum absolute atomic E-state index is 12.7. The molecule has 108 valence electrons. The van der Waals surface area contributed by atoms with Crippen LogP contribution in [-0.4, -0.2) is 13.1 Å². The van der Waals surface area contributed by atoms with Gasteiger partial charge in [0.25, 0.3) is 0 Å². The van der Waals surface area contributed by atoms with E-state index in [4.69, 9.17) is 4.74 Å².